The molecule has 0 aliphatic carbocycles. The summed E-state index contributed by atoms with van der Waals surface area (Å²) in [6.07, 6.45) is 0. The van der Waals surface area contributed by atoms with Crippen LogP contribution >= 0.6 is 27.7 Å². The van der Waals surface area contributed by atoms with Gasteiger partial charge in [0.15, 0.2) is 0 Å². The third kappa shape index (κ3) is 3.86. The van der Waals surface area contributed by atoms with Crippen LogP contribution in [0.1, 0.15) is 12.5 Å². The van der Waals surface area contributed by atoms with E-state index in [0.717, 1.165) is 15.4 Å². The summed E-state index contributed by atoms with van der Waals surface area (Å²) >= 11 is 4.76. The first-order valence-corrected chi connectivity index (χ1v) is 8.00. The zero-order valence-electron chi connectivity index (χ0n) is 10.8. The normalized spacial score (nSPS) is 10.7. The lowest BCUT2D eigenvalue weighted by Gasteiger charge is -2.05. The van der Waals surface area contributed by atoms with Crippen molar-refractivity contribution in [2.75, 3.05) is 12.4 Å². The molecule has 0 amide bonds. The Balaban J connectivity index is 2.17. The van der Waals surface area contributed by atoms with Crippen molar-refractivity contribution >= 4 is 44.6 Å². The summed E-state index contributed by atoms with van der Waals surface area (Å²) in [4.78, 5) is 22.8. The molecule has 0 N–H and O–H groups in total. The van der Waals surface area contributed by atoms with Crippen LogP contribution in [0.4, 0.5) is 0 Å². The van der Waals surface area contributed by atoms with E-state index in [4.69, 9.17) is 9.15 Å². The molecule has 0 unspecified atom stereocenters. The topological polar surface area (TPSA) is 56.5 Å². The molecule has 2 aromatic rings. The number of fused-ring (bicyclic) bond motifs is 1. The second-order valence-electron chi connectivity index (χ2n) is 4.03. The summed E-state index contributed by atoms with van der Waals surface area (Å²) in [6, 6.07) is 7.01. The lowest BCUT2D eigenvalue weighted by Crippen LogP contribution is -2.07. The number of hydrogen-bond acceptors (Lipinski definition) is 5. The molecule has 0 saturated carbocycles. The molecular weight excluding hydrogens is 344 g/mol. The van der Waals surface area contributed by atoms with E-state index in [1.807, 2.05) is 12.1 Å². The summed E-state index contributed by atoms with van der Waals surface area (Å²) < 4.78 is 10.9. The fraction of sp³-hybridized carbons (Fsp3) is 0.286. The third-order valence-corrected chi connectivity index (χ3v) is 4.02. The summed E-state index contributed by atoms with van der Waals surface area (Å²) in [5, 5.41) is 0.879. The van der Waals surface area contributed by atoms with E-state index >= 15 is 0 Å². The zero-order valence-corrected chi connectivity index (χ0v) is 13.3. The molecule has 6 heteroatoms. The Kier molecular flexibility index (Phi) is 5.25. The summed E-state index contributed by atoms with van der Waals surface area (Å²) in [5.41, 5.74) is 1.01. The predicted octanol–water partition coefficient (Wildman–Crippen LogP) is 3.35. The average Bonchev–Trinajstić information content (AvgIpc) is 2.38. The number of ether oxygens (including phenoxy) is 1. The highest BCUT2D eigenvalue weighted by atomic mass is 79.9. The van der Waals surface area contributed by atoms with E-state index in [1.165, 1.54) is 17.8 Å². The van der Waals surface area contributed by atoms with Gasteiger partial charge < -0.3 is 9.15 Å². The van der Waals surface area contributed by atoms with Crippen LogP contribution in [0.5, 0.6) is 0 Å². The molecule has 2 rings (SSSR count). The molecule has 1 aromatic carbocycles. The molecule has 0 aliphatic rings. The van der Waals surface area contributed by atoms with E-state index in [0.29, 0.717) is 17.9 Å². The minimum Gasteiger partial charge on any atom is -0.465 e. The minimum absolute atomic E-state index is 0.243. The van der Waals surface area contributed by atoms with Crippen molar-refractivity contribution in [2.24, 2.45) is 0 Å². The van der Waals surface area contributed by atoms with Crippen LogP contribution in [0.3, 0.4) is 0 Å². The fourth-order valence-electron chi connectivity index (χ4n) is 1.77. The summed E-state index contributed by atoms with van der Waals surface area (Å²) in [5.74, 6) is 0.585. The van der Waals surface area contributed by atoms with Crippen molar-refractivity contribution in [2.45, 2.75) is 12.7 Å². The quantitative estimate of drug-likeness (QED) is 0.607. The number of carbonyl (C=O) groups is 1. The van der Waals surface area contributed by atoms with Crippen molar-refractivity contribution in [3.63, 3.8) is 0 Å². The maximum Gasteiger partial charge on any atom is 0.336 e. The van der Waals surface area contributed by atoms with Gasteiger partial charge in [0.25, 0.3) is 0 Å². The van der Waals surface area contributed by atoms with Crippen molar-refractivity contribution < 1.29 is 13.9 Å². The lowest BCUT2D eigenvalue weighted by molar-refractivity contribution is -0.139. The van der Waals surface area contributed by atoms with Gasteiger partial charge in [0.1, 0.15) is 5.58 Å². The van der Waals surface area contributed by atoms with Gasteiger partial charge in [-0.1, -0.05) is 15.9 Å². The fourth-order valence-corrected chi connectivity index (χ4v) is 2.92. The summed E-state index contributed by atoms with van der Waals surface area (Å²) in [7, 11) is 0. The maximum absolute atomic E-state index is 11.5. The van der Waals surface area contributed by atoms with Crippen LogP contribution in [0, 0.1) is 0 Å². The Morgan fingerprint density at radius 2 is 2.20 bits per heavy atom. The van der Waals surface area contributed by atoms with Gasteiger partial charge in [0.05, 0.1) is 12.4 Å². The molecule has 0 fully saturated rings. The molecule has 0 atom stereocenters. The predicted molar refractivity (Wildman–Crippen MR) is 83.0 cm³/mol. The van der Waals surface area contributed by atoms with E-state index in [1.54, 1.807) is 13.0 Å². The Labute approximate surface area is 128 Å². The van der Waals surface area contributed by atoms with E-state index in [2.05, 4.69) is 15.9 Å². The number of hydrogen-bond donors (Lipinski definition) is 0. The van der Waals surface area contributed by atoms with Crippen molar-refractivity contribution in [3.8, 4) is 0 Å². The van der Waals surface area contributed by atoms with Gasteiger partial charge >= 0.3 is 11.6 Å². The third-order valence-electron chi connectivity index (χ3n) is 2.58. The van der Waals surface area contributed by atoms with Crippen LogP contribution in [0.2, 0.25) is 0 Å². The number of thioether (sulfide) groups is 1. The first kappa shape index (κ1) is 15.1. The van der Waals surface area contributed by atoms with Gasteiger partial charge in [-0.25, -0.2) is 4.79 Å². The standard InChI is InChI=1S/C14H13BrO4S/c1-2-18-14(17)8-20-7-9-5-13(16)19-12-6-10(15)3-4-11(9)12/h3-6H,2,7-8H2,1H3. The molecule has 0 bridgehead atoms. The van der Waals surface area contributed by atoms with Crippen molar-refractivity contribution in [1.82, 2.24) is 0 Å². The molecule has 1 heterocycles. The van der Waals surface area contributed by atoms with Gasteiger partial charge in [-0.3, -0.25) is 4.79 Å². The number of esters is 1. The molecular formula is C14H13BrO4S. The Morgan fingerprint density at radius 3 is 2.95 bits per heavy atom. The largest absolute Gasteiger partial charge is 0.465 e. The highest BCUT2D eigenvalue weighted by Gasteiger charge is 2.08. The number of benzene rings is 1. The molecule has 106 valence electrons. The highest BCUT2D eigenvalue weighted by Crippen LogP contribution is 2.24. The first-order chi connectivity index (χ1) is 9.60. The molecule has 4 nitrogen and oxygen atoms in total. The van der Waals surface area contributed by atoms with Crippen LogP contribution in [-0.4, -0.2) is 18.3 Å². The number of carbonyl (C=O) groups excluding carboxylic acids is 1. The summed E-state index contributed by atoms with van der Waals surface area (Å²) in [6.45, 7) is 2.15. The molecule has 0 radical (unpaired) electrons. The lowest BCUT2D eigenvalue weighted by atomic mass is 10.1. The minimum atomic E-state index is -0.387. The second kappa shape index (κ2) is 6.95. The van der Waals surface area contributed by atoms with E-state index in [-0.39, 0.29) is 17.3 Å². The van der Waals surface area contributed by atoms with E-state index in [9.17, 15) is 9.59 Å². The van der Waals surface area contributed by atoms with Gasteiger partial charge in [-0.05, 0) is 30.7 Å². The van der Waals surface area contributed by atoms with Crippen molar-refractivity contribution in [3.05, 3.63) is 44.7 Å². The molecule has 0 saturated heterocycles. The van der Waals surface area contributed by atoms with Gasteiger partial charge in [-0.15, -0.1) is 11.8 Å². The van der Waals surface area contributed by atoms with Gasteiger partial charge in [0.2, 0.25) is 0 Å². The monoisotopic (exact) mass is 356 g/mol. The molecule has 20 heavy (non-hydrogen) atoms. The van der Waals surface area contributed by atoms with Gasteiger partial charge in [-0.2, -0.15) is 0 Å². The maximum atomic E-state index is 11.5. The van der Waals surface area contributed by atoms with E-state index < -0.39 is 0 Å². The SMILES string of the molecule is CCOC(=O)CSCc1cc(=O)oc2cc(Br)ccc12. The van der Waals surface area contributed by atoms with Crippen molar-refractivity contribution in [1.29, 1.82) is 0 Å². The Bertz CT molecular complexity index is 680. The highest BCUT2D eigenvalue weighted by molar-refractivity contribution is 9.10. The van der Waals surface area contributed by atoms with Crippen LogP contribution in [0.15, 0.2) is 37.9 Å². The zero-order chi connectivity index (χ0) is 14.5. The van der Waals surface area contributed by atoms with Crippen LogP contribution < -0.4 is 5.63 Å². The Hall–Kier alpha value is -1.27. The Morgan fingerprint density at radius 1 is 1.40 bits per heavy atom. The first-order valence-electron chi connectivity index (χ1n) is 6.06. The molecule has 0 spiro atoms. The average molecular weight is 357 g/mol. The molecule has 1 aromatic heterocycles. The number of halogens is 1. The van der Waals surface area contributed by atoms with Gasteiger partial charge in [0, 0.05) is 21.7 Å². The second-order valence-corrected chi connectivity index (χ2v) is 5.93. The molecule has 0 aliphatic heterocycles. The number of rotatable bonds is 5. The van der Waals surface area contributed by atoms with Crippen LogP contribution in [-0.2, 0) is 15.3 Å². The smallest absolute Gasteiger partial charge is 0.336 e. The van der Waals surface area contributed by atoms with Crippen LogP contribution in [0.25, 0.3) is 11.0 Å².